The molecule has 2 atom stereocenters. The number of ether oxygens (including phenoxy) is 1. The zero-order chi connectivity index (χ0) is 16.3. The molecular weight excluding hydrogens is 308 g/mol. The fraction of sp³-hybridized carbons (Fsp3) is 0.400. The summed E-state index contributed by atoms with van der Waals surface area (Å²) in [5.41, 5.74) is 1.41. The minimum Gasteiger partial charge on any atom is -0.451 e. The van der Waals surface area contributed by atoms with Crippen molar-refractivity contribution < 1.29 is 19.1 Å². The zero-order valence-corrected chi connectivity index (χ0v) is 13.1. The Morgan fingerprint density at radius 2 is 2.18 bits per heavy atom. The first-order valence-electron chi connectivity index (χ1n) is 6.93. The predicted octanol–water partition coefficient (Wildman–Crippen LogP) is 1.80. The van der Waals surface area contributed by atoms with Crippen LogP contribution in [-0.2, 0) is 19.1 Å². The maximum atomic E-state index is 12.1. The van der Waals surface area contributed by atoms with E-state index >= 15 is 0 Å². The Hall–Kier alpha value is -2.08. The minimum absolute atomic E-state index is 0.186. The van der Waals surface area contributed by atoms with Gasteiger partial charge in [-0.05, 0) is 38.0 Å². The van der Waals surface area contributed by atoms with Gasteiger partial charge in [0.2, 0.25) is 5.91 Å². The summed E-state index contributed by atoms with van der Waals surface area (Å²) in [6.07, 6.45) is -0.287. The third-order valence-electron chi connectivity index (χ3n) is 3.40. The molecule has 1 aromatic carbocycles. The molecule has 0 saturated carbocycles. The molecule has 1 fully saturated rings. The lowest BCUT2D eigenvalue weighted by molar-refractivity contribution is -0.155. The standard InChI is InChI=1S/C15H17ClN2O4/c1-8-3-4-10(16)7-12(8)18-14(20)9(2)22-15(21)11-5-6-13(19)17-11/h3-4,7,9,11H,5-6H2,1-2H3,(H,17,19)(H,18,20)/t9-,11+/m0/s1. The maximum Gasteiger partial charge on any atom is 0.329 e. The van der Waals surface area contributed by atoms with Gasteiger partial charge in [0.15, 0.2) is 6.10 Å². The third-order valence-corrected chi connectivity index (χ3v) is 3.63. The summed E-state index contributed by atoms with van der Waals surface area (Å²) in [7, 11) is 0. The first kappa shape index (κ1) is 16.3. The van der Waals surface area contributed by atoms with Gasteiger partial charge < -0.3 is 15.4 Å². The van der Waals surface area contributed by atoms with Crippen LogP contribution in [0.1, 0.15) is 25.3 Å². The molecular formula is C15H17ClN2O4. The van der Waals surface area contributed by atoms with Crippen molar-refractivity contribution in [1.29, 1.82) is 0 Å². The highest BCUT2D eigenvalue weighted by Crippen LogP contribution is 2.20. The Morgan fingerprint density at radius 3 is 2.82 bits per heavy atom. The average Bonchev–Trinajstić information content (AvgIpc) is 2.89. The third kappa shape index (κ3) is 3.98. The molecule has 0 radical (unpaired) electrons. The summed E-state index contributed by atoms with van der Waals surface area (Å²) in [5.74, 6) is -1.24. The number of carbonyl (C=O) groups excluding carboxylic acids is 3. The largest absolute Gasteiger partial charge is 0.451 e. The number of anilines is 1. The van der Waals surface area contributed by atoms with Crippen LogP contribution in [0.3, 0.4) is 0 Å². The second-order valence-electron chi connectivity index (χ2n) is 5.19. The van der Waals surface area contributed by atoms with Crippen molar-refractivity contribution in [1.82, 2.24) is 5.32 Å². The minimum atomic E-state index is -0.969. The number of hydrogen-bond acceptors (Lipinski definition) is 4. The molecule has 0 aromatic heterocycles. The van der Waals surface area contributed by atoms with E-state index in [0.29, 0.717) is 23.6 Å². The molecule has 118 valence electrons. The van der Waals surface area contributed by atoms with Gasteiger partial charge in [-0.3, -0.25) is 9.59 Å². The highest BCUT2D eigenvalue weighted by Gasteiger charge is 2.30. The van der Waals surface area contributed by atoms with E-state index in [1.165, 1.54) is 6.92 Å². The lowest BCUT2D eigenvalue weighted by Gasteiger charge is -2.17. The Bertz CT molecular complexity index is 618. The number of nitrogens with one attached hydrogen (secondary N) is 2. The van der Waals surface area contributed by atoms with Gasteiger partial charge in [-0.15, -0.1) is 0 Å². The second kappa shape index (κ2) is 6.79. The lowest BCUT2D eigenvalue weighted by atomic mass is 10.2. The van der Waals surface area contributed by atoms with E-state index in [-0.39, 0.29) is 5.91 Å². The number of carbonyl (C=O) groups is 3. The Balaban J connectivity index is 1.93. The van der Waals surface area contributed by atoms with Gasteiger partial charge in [0.25, 0.3) is 5.91 Å². The van der Waals surface area contributed by atoms with E-state index in [0.717, 1.165) is 5.56 Å². The van der Waals surface area contributed by atoms with Crippen molar-refractivity contribution in [2.45, 2.75) is 38.8 Å². The highest BCUT2D eigenvalue weighted by atomic mass is 35.5. The van der Waals surface area contributed by atoms with E-state index in [1.54, 1.807) is 18.2 Å². The first-order valence-corrected chi connectivity index (χ1v) is 7.31. The molecule has 2 amide bonds. The van der Waals surface area contributed by atoms with Crippen molar-refractivity contribution in [2.24, 2.45) is 0 Å². The molecule has 2 rings (SSSR count). The SMILES string of the molecule is Cc1ccc(Cl)cc1NC(=O)[C@H](C)OC(=O)[C@H]1CCC(=O)N1. The van der Waals surface area contributed by atoms with Crippen LogP contribution in [0.15, 0.2) is 18.2 Å². The number of esters is 1. The fourth-order valence-electron chi connectivity index (χ4n) is 2.06. The summed E-state index contributed by atoms with van der Waals surface area (Å²) in [6, 6.07) is 4.46. The number of hydrogen-bond donors (Lipinski definition) is 2. The van der Waals surface area contributed by atoms with Crippen LogP contribution in [0.2, 0.25) is 5.02 Å². The summed E-state index contributed by atoms with van der Waals surface area (Å²) < 4.78 is 5.09. The molecule has 0 spiro atoms. The van der Waals surface area contributed by atoms with Crippen molar-refractivity contribution in [3.63, 3.8) is 0 Å². The summed E-state index contributed by atoms with van der Waals surface area (Å²) in [4.78, 5) is 35.0. The average molecular weight is 325 g/mol. The van der Waals surface area contributed by atoms with Crippen LogP contribution < -0.4 is 10.6 Å². The Morgan fingerprint density at radius 1 is 1.45 bits per heavy atom. The quantitative estimate of drug-likeness (QED) is 0.827. The van der Waals surface area contributed by atoms with Crippen molar-refractivity contribution in [3.05, 3.63) is 28.8 Å². The molecule has 22 heavy (non-hydrogen) atoms. The van der Waals surface area contributed by atoms with E-state index < -0.39 is 24.0 Å². The molecule has 1 aliphatic rings. The highest BCUT2D eigenvalue weighted by molar-refractivity contribution is 6.31. The van der Waals surface area contributed by atoms with E-state index in [1.807, 2.05) is 6.92 Å². The molecule has 6 nitrogen and oxygen atoms in total. The molecule has 2 N–H and O–H groups in total. The van der Waals surface area contributed by atoms with Gasteiger partial charge in [0.05, 0.1) is 0 Å². The predicted molar refractivity (Wildman–Crippen MR) is 81.5 cm³/mol. The topological polar surface area (TPSA) is 84.5 Å². The molecule has 0 aliphatic carbocycles. The summed E-state index contributed by atoms with van der Waals surface area (Å²) >= 11 is 5.89. The number of rotatable bonds is 4. The van der Waals surface area contributed by atoms with Gasteiger partial charge in [-0.25, -0.2) is 4.79 Å². The lowest BCUT2D eigenvalue weighted by Crippen LogP contribution is -2.39. The Kier molecular flexibility index (Phi) is 5.03. The normalized spacial score (nSPS) is 18.5. The maximum absolute atomic E-state index is 12.1. The fourth-order valence-corrected chi connectivity index (χ4v) is 2.24. The molecule has 1 aliphatic heterocycles. The molecule has 7 heteroatoms. The van der Waals surface area contributed by atoms with E-state index in [9.17, 15) is 14.4 Å². The van der Waals surface area contributed by atoms with Crippen LogP contribution in [0, 0.1) is 6.92 Å². The molecule has 1 aromatic rings. The van der Waals surface area contributed by atoms with Gasteiger partial charge in [0, 0.05) is 17.1 Å². The number of aryl methyl sites for hydroxylation is 1. The zero-order valence-electron chi connectivity index (χ0n) is 12.3. The second-order valence-corrected chi connectivity index (χ2v) is 5.62. The van der Waals surface area contributed by atoms with Crippen LogP contribution in [0.4, 0.5) is 5.69 Å². The van der Waals surface area contributed by atoms with E-state index in [4.69, 9.17) is 16.3 Å². The molecule has 0 unspecified atom stereocenters. The van der Waals surface area contributed by atoms with Crippen molar-refractivity contribution in [2.75, 3.05) is 5.32 Å². The van der Waals surface area contributed by atoms with Crippen LogP contribution in [-0.4, -0.2) is 29.9 Å². The van der Waals surface area contributed by atoms with Crippen LogP contribution in [0.25, 0.3) is 0 Å². The number of amides is 2. The van der Waals surface area contributed by atoms with Crippen molar-refractivity contribution in [3.8, 4) is 0 Å². The molecule has 0 bridgehead atoms. The van der Waals surface area contributed by atoms with Crippen LogP contribution >= 0.6 is 11.6 Å². The molecule has 1 heterocycles. The number of halogens is 1. The Labute approximate surface area is 133 Å². The van der Waals surface area contributed by atoms with Gasteiger partial charge in [-0.1, -0.05) is 17.7 Å². The monoisotopic (exact) mass is 324 g/mol. The van der Waals surface area contributed by atoms with Gasteiger partial charge in [0.1, 0.15) is 6.04 Å². The number of benzene rings is 1. The van der Waals surface area contributed by atoms with Gasteiger partial charge >= 0.3 is 5.97 Å². The summed E-state index contributed by atoms with van der Waals surface area (Å²) in [5, 5.41) is 5.67. The van der Waals surface area contributed by atoms with Crippen LogP contribution in [0.5, 0.6) is 0 Å². The van der Waals surface area contributed by atoms with E-state index in [2.05, 4.69) is 10.6 Å². The van der Waals surface area contributed by atoms with Gasteiger partial charge in [-0.2, -0.15) is 0 Å². The van der Waals surface area contributed by atoms with Crippen molar-refractivity contribution >= 4 is 35.1 Å². The summed E-state index contributed by atoms with van der Waals surface area (Å²) in [6.45, 7) is 3.31. The smallest absolute Gasteiger partial charge is 0.329 e. The molecule has 1 saturated heterocycles. The first-order chi connectivity index (χ1) is 10.4.